The Morgan fingerprint density at radius 1 is 0.625 bits per heavy atom. The van der Waals surface area contributed by atoms with Crippen molar-refractivity contribution in [3.05, 3.63) is 48.5 Å². The Bertz CT molecular complexity index is 476. The SMILES string of the molecule is Oc1ccccc1/N=N/c1ccccc1O. The molecule has 0 atom stereocenters. The van der Waals surface area contributed by atoms with Gasteiger partial charge in [0.2, 0.25) is 0 Å². The Balaban J connectivity index is 2.29. The molecule has 2 N–H and O–H groups in total. The Hall–Kier alpha value is -2.36. The lowest BCUT2D eigenvalue weighted by molar-refractivity contribution is 0.474. The van der Waals surface area contributed by atoms with Crippen LogP contribution < -0.4 is 0 Å². The fraction of sp³-hybridized carbons (Fsp3) is 0. The van der Waals surface area contributed by atoms with Gasteiger partial charge in [-0.1, -0.05) is 24.3 Å². The molecule has 0 aliphatic carbocycles. The lowest BCUT2D eigenvalue weighted by atomic mass is 10.3. The molecule has 0 aliphatic heterocycles. The molecule has 0 amide bonds. The molecule has 0 aromatic heterocycles. The summed E-state index contributed by atoms with van der Waals surface area (Å²) in [5.74, 6) is 0.114. The van der Waals surface area contributed by atoms with Crippen LogP contribution >= 0.6 is 0 Å². The fourth-order valence-electron chi connectivity index (χ4n) is 1.21. The van der Waals surface area contributed by atoms with Crippen molar-refractivity contribution in [3.63, 3.8) is 0 Å². The molecule has 16 heavy (non-hydrogen) atoms. The summed E-state index contributed by atoms with van der Waals surface area (Å²) in [6.45, 7) is 0. The predicted molar refractivity (Wildman–Crippen MR) is 60.4 cm³/mol. The number of rotatable bonds is 2. The van der Waals surface area contributed by atoms with Gasteiger partial charge < -0.3 is 10.2 Å². The minimum absolute atomic E-state index is 0.0571. The quantitative estimate of drug-likeness (QED) is 0.751. The number of benzene rings is 2. The summed E-state index contributed by atoms with van der Waals surface area (Å²) >= 11 is 0. The van der Waals surface area contributed by atoms with Gasteiger partial charge in [0.15, 0.2) is 0 Å². The molecule has 0 unspecified atom stereocenters. The molecule has 0 saturated heterocycles. The maximum absolute atomic E-state index is 9.44. The van der Waals surface area contributed by atoms with Crippen LogP contribution in [0.25, 0.3) is 0 Å². The number of azo groups is 1. The monoisotopic (exact) mass is 214 g/mol. The first kappa shape index (κ1) is 10.2. The maximum atomic E-state index is 9.44. The van der Waals surface area contributed by atoms with Crippen molar-refractivity contribution in [1.29, 1.82) is 0 Å². The van der Waals surface area contributed by atoms with E-state index in [1.54, 1.807) is 36.4 Å². The summed E-state index contributed by atoms with van der Waals surface area (Å²) in [7, 11) is 0. The number of para-hydroxylation sites is 2. The van der Waals surface area contributed by atoms with E-state index < -0.39 is 0 Å². The summed E-state index contributed by atoms with van der Waals surface area (Å²) in [5.41, 5.74) is 0.733. The van der Waals surface area contributed by atoms with Crippen LogP contribution in [0.2, 0.25) is 0 Å². The van der Waals surface area contributed by atoms with E-state index in [1.165, 1.54) is 12.1 Å². The summed E-state index contributed by atoms with van der Waals surface area (Å²) in [6, 6.07) is 13.2. The Morgan fingerprint density at radius 3 is 1.38 bits per heavy atom. The Kier molecular flexibility index (Phi) is 2.82. The summed E-state index contributed by atoms with van der Waals surface area (Å²) in [5, 5.41) is 26.6. The topological polar surface area (TPSA) is 65.2 Å². The largest absolute Gasteiger partial charge is 0.506 e. The van der Waals surface area contributed by atoms with Gasteiger partial charge in [-0.15, -0.1) is 10.2 Å². The summed E-state index contributed by atoms with van der Waals surface area (Å²) in [6.07, 6.45) is 0. The Labute approximate surface area is 92.5 Å². The first-order valence-corrected chi connectivity index (χ1v) is 4.75. The second kappa shape index (κ2) is 4.44. The third-order valence-corrected chi connectivity index (χ3v) is 2.03. The highest BCUT2D eigenvalue weighted by atomic mass is 16.3. The van der Waals surface area contributed by atoms with E-state index in [9.17, 15) is 10.2 Å². The van der Waals surface area contributed by atoms with Gasteiger partial charge in [-0.05, 0) is 24.3 Å². The molecule has 0 spiro atoms. The molecule has 0 aliphatic rings. The molecule has 0 heterocycles. The van der Waals surface area contributed by atoms with Gasteiger partial charge in [0, 0.05) is 0 Å². The van der Waals surface area contributed by atoms with E-state index in [4.69, 9.17) is 0 Å². The van der Waals surface area contributed by atoms with Crippen LogP contribution in [0.5, 0.6) is 11.5 Å². The molecule has 4 heteroatoms. The maximum Gasteiger partial charge on any atom is 0.143 e. The number of phenols is 2. The highest BCUT2D eigenvalue weighted by molar-refractivity contribution is 5.53. The Morgan fingerprint density at radius 2 is 1.00 bits per heavy atom. The standard InChI is InChI=1S/C12H10N2O2/c15-11-7-3-1-5-9(11)13-14-10-6-2-4-8-12(10)16/h1-8,15-16H/b14-13+. The van der Waals surface area contributed by atoms with Gasteiger partial charge >= 0.3 is 0 Å². The van der Waals surface area contributed by atoms with Crippen LogP contribution in [0.15, 0.2) is 58.8 Å². The first-order chi connectivity index (χ1) is 7.77. The first-order valence-electron chi connectivity index (χ1n) is 4.75. The second-order valence-corrected chi connectivity index (χ2v) is 3.18. The van der Waals surface area contributed by atoms with Gasteiger partial charge in [0.1, 0.15) is 22.9 Å². The smallest absolute Gasteiger partial charge is 0.143 e. The van der Waals surface area contributed by atoms with Crippen molar-refractivity contribution in [2.24, 2.45) is 10.2 Å². The van der Waals surface area contributed by atoms with Crippen LogP contribution in [0.1, 0.15) is 0 Å². The molecule has 0 radical (unpaired) electrons. The lowest BCUT2D eigenvalue weighted by Crippen LogP contribution is -1.68. The zero-order valence-corrected chi connectivity index (χ0v) is 8.41. The average Bonchev–Trinajstić information content (AvgIpc) is 2.30. The zero-order chi connectivity index (χ0) is 11.4. The van der Waals surface area contributed by atoms with Crippen molar-refractivity contribution in [3.8, 4) is 11.5 Å². The highest BCUT2D eigenvalue weighted by Crippen LogP contribution is 2.30. The van der Waals surface area contributed by atoms with Crippen LogP contribution in [-0.4, -0.2) is 10.2 Å². The predicted octanol–water partition coefficient (Wildman–Crippen LogP) is 3.51. The highest BCUT2D eigenvalue weighted by Gasteiger charge is 1.99. The number of nitrogens with zero attached hydrogens (tertiary/aromatic N) is 2. The van der Waals surface area contributed by atoms with Crippen molar-refractivity contribution in [2.75, 3.05) is 0 Å². The minimum atomic E-state index is 0.0571. The van der Waals surface area contributed by atoms with Crippen LogP contribution in [0.3, 0.4) is 0 Å². The van der Waals surface area contributed by atoms with Gasteiger partial charge in [0.05, 0.1) is 0 Å². The number of hydrogen-bond donors (Lipinski definition) is 2. The molecule has 4 nitrogen and oxygen atoms in total. The van der Waals surface area contributed by atoms with Crippen LogP contribution in [0.4, 0.5) is 11.4 Å². The molecule has 0 bridgehead atoms. The van der Waals surface area contributed by atoms with Crippen molar-refractivity contribution < 1.29 is 10.2 Å². The number of phenolic OH excluding ortho intramolecular Hbond substituents is 2. The third kappa shape index (κ3) is 2.17. The molecule has 0 fully saturated rings. The van der Waals surface area contributed by atoms with Crippen LogP contribution in [-0.2, 0) is 0 Å². The molecule has 80 valence electrons. The number of aromatic hydroxyl groups is 2. The zero-order valence-electron chi connectivity index (χ0n) is 8.41. The van der Waals surface area contributed by atoms with E-state index in [0.717, 1.165) is 0 Å². The molecular formula is C12H10N2O2. The van der Waals surface area contributed by atoms with Gasteiger partial charge in [-0.25, -0.2) is 0 Å². The van der Waals surface area contributed by atoms with E-state index in [2.05, 4.69) is 10.2 Å². The van der Waals surface area contributed by atoms with Crippen LogP contribution in [0, 0.1) is 0 Å². The molecule has 2 aromatic rings. The minimum Gasteiger partial charge on any atom is -0.506 e. The normalized spacial score (nSPS) is 10.8. The average molecular weight is 214 g/mol. The van der Waals surface area contributed by atoms with E-state index in [1.807, 2.05) is 0 Å². The van der Waals surface area contributed by atoms with E-state index >= 15 is 0 Å². The second-order valence-electron chi connectivity index (χ2n) is 3.18. The van der Waals surface area contributed by atoms with Crippen molar-refractivity contribution >= 4 is 11.4 Å². The van der Waals surface area contributed by atoms with Gasteiger partial charge in [-0.3, -0.25) is 0 Å². The summed E-state index contributed by atoms with van der Waals surface area (Å²) in [4.78, 5) is 0. The third-order valence-electron chi connectivity index (χ3n) is 2.03. The number of hydrogen-bond acceptors (Lipinski definition) is 4. The molecule has 0 saturated carbocycles. The molecule has 2 rings (SSSR count). The van der Waals surface area contributed by atoms with E-state index in [-0.39, 0.29) is 11.5 Å². The van der Waals surface area contributed by atoms with Crippen molar-refractivity contribution in [1.82, 2.24) is 0 Å². The van der Waals surface area contributed by atoms with Gasteiger partial charge in [0.25, 0.3) is 0 Å². The molecule has 2 aromatic carbocycles. The molecular weight excluding hydrogens is 204 g/mol. The van der Waals surface area contributed by atoms with Gasteiger partial charge in [-0.2, -0.15) is 0 Å². The lowest BCUT2D eigenvalue weighted by Gasteiger charge is -1.97. The fourth-order valence-corrected chi connectivity index (χ4v) is 1.21. The van der Waals surface area contributed by atoms with Crippen molar-refractivity contribution in [2.45, 2.75) is 0 Å². The summed E-state index contributed by atoms with van der Waals surface area (Å²) < 4.78 is 0. The van der Waals surface area contributed by atoms with E-state index in [0.29, 0.717) is 11.4 Å².